The summed E-state index contributed by atoms with van der Waals surface area (Å²) in [4.78, 5) is 0. The molecule has 0 aliphatic carbocycles. The zero-order chi connectivity index (χ0) is 21.7. The van der Waals surface area contributed by atoms with E-state index in [0.717, 1.165) is 32.1 Å². The van der Waals surface area contributed by atoms with Crippen molar-refractivity contribution in [3.63, 3.8) is 0 Å². The molecule has 0 aromatic carbocycles. The van der Waals surface area contributed by atoms with Crippen molar-refractivity contribution < 1.29 is 13.6 Å². The lowest BCUT2D eigenvalue weighted by molar-refractivity contribution is 0.102. The van der Waals surface area contributed by atoms with Crippen molar-refractivity contribution in [2.45, 2.75) is 64.3 Å². The summed E-state index contributed by atoms with van der Waals surface area (Å²) in [5.41, 5.74) is 0. The molecule has 0 spiro atoms. The first-order valence-electron chi connectivity index (χ1n) is 9.67. The zero-order valence-electron chi connectivity index (χ0n) is 17.4. The van der Waals surface area contributed by atoms with Crippen LogP contribution in [-0.4, -0.2) is 18.3 Å². The molecule has 0 saturated carbocycles. The Kier molecular flexibility index (Phi) is 22.9. The standard InChI is InChI=1S/C20H36O3P6/c1-3-5-16-20(23-29(26)27)19(22-28-25)17-14-12-10-8-6-7-9-11-13-15-18(4-2)21-24/h6,8,10,12-15,17-20,28H,3-5,7,16,24-27H2,1-2H3. The van der Waals surface area contributed by atoms with Gasteiger partial charge < -0.3 is 13.6 Å². The second-order valence-corrected chi connectivity index (χ2v) is 13.2. The number of hydrogen-bond donors (Lipinski definition) is 0. The number of allylic oxidation sites excluding steroid dienone is 6. The molecule has 29 heavy (non-hydrogen) atoms. The minimum Gasteiger partial charge on any atom is -0.358 e. The highest BCUT2D eigenvalue weighted by atomic mass is 32.4. The summed E-state index contributed by atoms with van der Waals surface area (Å²) in [7, 11) is 10.2. The predicted octanol–water partition coefficient (Wildman–Crippen LogP) is 7.51. The summed E-state index contributed by atoms with van der Waals surface area (Å²) < 4.78 is 17.2. The van der Waals surface area contributed by atoms with Crippen LogP contribution in [0.5, 0.6) is 0 Å². The Labute approximate surface area is 190 Å². The Bertz CT molecular complexity index is 562. The smallest absolute Gasteiger partial charge is 0.107 e. The van der Waals surface area contributed by atoms with Crippen molar-refractivity contribution in [3.05, 3.63) is 48.6 Å². The van der Waals surface area contributed by atoms with Crippen LogP contribution in [0.15, 0.2) is 48.6 Å². The molecule has 8 unspecified atom stereocenters. The molecule has 3 nitrogen and oxygen atoms in total. The molecule has 0 aromatic heterocycles. The summed E-state index contributed by atoms with van der Waals surface area (Å²) in [5.74, 6) is 6.11. The van der Waals surface area contributed by atoms with Gasteiger partial charge in [0.05, 0.1) is 19.7 Å². The van der Waals surface area contributed by atoms with Crippen LogP contribution in [0.1, 0.15) is 46.0 Å². The maximum atomic E-state index is 6.08. The van der Waals surface area contributed by atoms with Gasteiger partial charge in [0.1, 0.15) is 6.10 Å². The van der Waals surface area contributed by atoms with Gasteiger partial charge in [-0.05, 0) is 25.0 Å². The van der Waals surface area contributed by atoms with Gasteiger partial charge >= 0.3 is 0 Å². The van der Waals surface area contributed by atoms with Crippen LogP contribution < -0.4 is 0 Å². The van der Waals surface area contributed by atoms with Crippen LogP contribution in [0, 0.1) is 11.8 Å². The third kappa shape index (κ3) is 18.3. The molecule has 0 bridgehead atoms. The van der Waals surface area contributed by atoms with Crippen molar-refractivity contribution in [2.24, 2.45) is 0 Å². The van der Waals surface area contributed by atoms with E-state index in [9.17, 15) is 0 Å². The molecule has 0 rings (SSSR count). The van der Waals surface area contributed by atoms with Gasteiger partial charge in [-0.2, -0.15) is 0 Å². The Morgan fingerprint density at radius 1 is 1.10 bits per heavy atom. The van der Waals surface area contributed by atoms with Crippen LogP contribution in [-0.2, 0) is 13.6 Å². The van der Waals surface area contributed by atoms with E-state index in [1.165, 1.54) is 0 Å². The maximum absolute atomic E-state index is 6.08. The van der Waals surface area contributed by atoms with Crippen LogP contribution in [0.25, 0.3) is 0 Å². The summed E-state index contributed by atoms with van der Waals surface area (Å²) in [6.45, 7) is 4.27. The predicted molar refractivity (Wildman–Crippen MR) is 147 cm³/mol. The molecule has 9 heteroatoms. The lowest BCUT2D eigenvalue weighted by atomic mass is 10.1. The Hall–Kier alpha value is 0.980. The van der Waals surface area contributed by atoms with E-state index >= 15 is 0 Å². The lowest BCUT2D eigenvalue weighted by Gasteiger charge is -2.26. The lowest BCUT2D eigenvalue weighted by Crippen LogP contribution is -2.26. The normalized spacial score (nSPS) is 16.0. The summed E-state index contributed by atoms with van der Waals surface area (Å²) in [5, 5.41) is 0. The number of hydrogen-bond acceptors (Lipinski definition) is 3. The van der Waals surface area contributed by atoms with Gasteiger partial charge in [0.2, 0.25) is 0 Å². The van der Waals surface area contributed by atoms with Crippen molar-refractivity contribution in [3.8, 4) is 11.8 Å². The monoisotopic (exact) mass is 510 g/mol. The minimum absolute atomic E-state index is 0.0350. The van der Waals surface area contributed by atoms with E-state index in [-0.39, 0.29) is 18.3 Å². The van der Waals surface area contributed by atoms with Crippen LogP contribution in [0.3, 0.4) is 0 Å². The Morgan fingerprint density at radius 3 is 2.48 bits per heavy atom. The molecule has 0 aliphatic heterocycles. The highest BCUT2D eigenvalue weighted by Gasteiger charge is 2.21. The van der Waals surface area contributed by atoms with E-state index in [1.807, 2.05) is 42.5 Å². The Morgan fingerprint density at radius 2 is 1.86 bits per heavy atom. The second-order valence-electron chi connectivity index (χ2n) is 6.01. The topological polar surface area (TPSA) is 27.7 Å². The zero-order valence-corrected chi connectivity index (χ0v) is 23.9. The quantitative estimate of drug-likeness (QED) is 0.130. The molecule has 0 aromatic rings. The Balaban J connectivity index is 4.54. The highest BCUT2D eigenvalue weighted by molar-refractivity contribution is 8.41. The minimum atomic E-state index is -0.578. The van der Waals surface area contributed by atoms with Crippen molar-refractivity contribution in [2.75, 3.05) is 0 Å². The molecule has 0 radical (unpaired) electrons. The van der Waals surface area contributed by atoms with Crippen LogP contribution >= 0.6 is 52.3 Å². The molecular weight excluding hydrogens is 474 g/mol. The third-order valence-corrected chi connectivity index (χ3v) is 6.14. The first-order valence-corrected chi connectivity index (χ1v) is 17.4. The van der Waals surface area contributed by atoms with Gasteiger partial charge in [0.15, 0.2) is 0 Å². The first kappa shape index (κ1) is 30.0. The molecule has 8 atom stereocenters. The molecular formula is C20H36O3P6. The van der Waals surface area contributed by atoms with Crippen molar-refractivity contribution in [1.29, 1.82) is 0 Å². The van der Waals surface area contributed by atoms with Crippen LogP contribution in [0.2, 0.25) is 0 Å². The molecule has 164 valence electrons. The highest BCUT2D eigenvalue weighted by Crippen LogP contribution is 2.55. The van der Waals surface area contributed by atoms with E-state index < -0.39 is 7.53 Å². The van der Waals surface area contributed by atoms with Crippen molar-refractivity contribution >= 4 is 52.3 Å². The fraction of sp³-hybridized carbons (Fsp3) is 0.500. The third-order valence-electron chi connectivity index (χ3n) is 3.73. The fourth-order valence-electron chi connectivity index (χ4n) is 2.21. The second kappa shape index (κ2) is 22.2. The summed E-state index contributed by atoms with van der Waals surface area (Å²) in [6, 6.07) is 0. The molecule has 0 saturated heterocycles. The van der Waals surface area contributed by atoms with Gasteiger partial charge in [0, 0.05) is 24.4 Å². The first-order chi connectivity index (χ1) is 14.1. The van der Waals surface area contributed by atoms with E-state index in [1.54, 1.807) is 0 Å². The van der Waals surface area contributed by atoms with E-state index in [4.69, 9.17) is 13.6 Å². The molecule has 0 amide bonds. The van der Waals surface area contributed by atoms with Gasteiger partial charge in [-0.1, -0.05) is 102 Å². The maximum Gasteiger partial charge on any atom is 0.107 e. The van der Waals surface area contributed by atoms with Gasteiger partial charge in [-0.25, -0.2) is 0 Å². The SMILES string of the molecule is CCCCC(OP(P)P)C(C=CC=CC=CCC#CC=CC(CC)OP)OPP. The fourth-order valence-corrected chi connectivity index (χ4v) is 4.83. The summed E-state index contributed by atoms with van der Waals surface area (Å²) in [6.07, 6.45) is 21.1. The molecule has 0 N–H and O–H groups in total. The van der Waals surface area contributed by atoms with Crippen molar-refractivity contribution in [1.82, 2.24) is 0 Å². The van der Waals surface area contributed by atoms with Crippen LogP contribution in [0.4, 0.5) is 0 Å². The average Bonchev–Trinajstić information content (AvgIpc) is 2.71. The summed E-state index contributed by atoms with van der Waals surface area (Å²) >= 11 is 0. The van der Waals surface area contributed by atoms with E-state index in [0.29, 0.717) is 8.50 Å². The number of unbranched alkanes of at least 4 members (excludes halogenated alkanes) is 1. The van der Waals surface area contributed by atoms with Gasteiger partial charge in [-0.15, -0.1) is 0 Å². The molecule has 0 aliphatic rings. The average molecular weight is 510 g/mol. The molecule has 0 heterocycles. The molecule has 0 fully saturated rings. The largest absolute Gasteiger partial charge is 0.358 e. The van der Waals surface area contributed by atoms with Gasteiger partial charge in [0.25, 0.3) is 0 Å². The van der Waals surface area contributed by atoms with Gasteiger partial charge in [-0.3, -0.25) is 0 Å². The number of rotatable bonds is 15. The van der Waals surface area contributed by atoms with E-state index in [2.05, 4.69) is 68.0 Å².